The molecule has 13 heteroatoms. The Morgan fingerprint density at radius 3 is 2.16 bits per heavy atom. The molecule has 0 fully saturated rings. The van der Waals surface area contributed by atoms with E-state index in [9.17, 15) is 16.8 Å². The van der Waals surface area contributed by atoms with Crippen LogP contribution >= 0.6 is 23.2 Å². The number of nitrogens with two attached hydrogens (primary N) is 1. The Bertz CT molecular complexity index is 1560. The molecule has 9 nitrogen and oxygen atoms in total. The molecule has 0 unspecified atom stereocenters. The Morgan fingerprint density at radius 2 is 1.58 bits per heavy atom. The van der Waals surface area contributed by atoms with Gasteiger partial charge in [-0.3, -0.25) is 0 Å². The van der Waals surface area contributed by atoms with Gasteiger partial charge in [0.25, 0.3) is 10.0 Å². The van der Waals surface area contributed by atoms with Gasteiger partial charge in [-0.15, -0.1) is 0 Å². The highest BCUT2D eigenvalue weighted by molar-refractivity contribution is 7.90. The molecule has 38 heavy (non-hydrogen) atoms. The zero-order valence-corrected chi connectivity index (χ0v) is 23.3. The molecule has 0 bridgehead atoms. The van der Waals surface area contributed by atoms with Gasteiger partial charge in [-0.2, -0.15) is 5.10 Å². The molecular formula is C25H25Cl2N5O4S2. The van der Waals surface area contributed by atoms with Crippen LogP contribution in [0.4, 0.5) is 0 Å². The minimum atomic E-state index is -4.12. The van der Waals surface area contributed by atoms with Gasteiger partial charge >= 0.3 is 0 Å². The highest BCUT2D eigenvalue weighted by Crippen LogP contribution is 2.29. The van der Waals surface area contributed by atoms with Gasteiger partial charge in [-0.1, -0.05) is 65.7 Å². The fourth-order valence-corrected chi connectivity index (χ4v) is 5.30. The summed E-state index contributed by atoms with van der Waals surface area (Å²) in [6, 6.07) is 22.4. The molecule has 4 rings (SSSR count). The monoisotopic (exact) mass is 593 g/mol. The summed E-state index contributed by atoms with van der Waals surface area (Å²) < 4.78 is 52.5. The van der Waals surface area contributed by atoms with Gasteiger partial charge in [0.2, 0.25) is 16.0 Å². The van der Waals surface area contributed by atoms with Crippen molar-refractivity contribution in [2.24, 2.45) is 15.2 Å². The number of benzene rings is 3. The maximum Gasteiger partial charge on any atom is 0.264 e. The van der Waals surface area contributed by atoms with Crippen LogP contribution < -0.4 is 9.86 Å². The first-order valence-electron chi connectivity index (χ1n) is 11.5. The van der Waals surface area contributed by atoms with Crippen LogP contribution in [-0.2, 0) is 20.0 Å². The van der Waals surface area contributed by atoms with Crippen LogP contribution in [0.1, 0.15) is 24.0 Å². The summed E-state index contributed by atoms with van der Waals surface area (Å²) in [5, 5.41) is 11.3. The lowest BCUT2D eigenvalue weighted by Gasteiger charge is -2.20. The van der Waals surface area contributed by atoms with Crippen molar-refractivity contribution in [3.63, 3.8) is 0 Å². The van der Waals surface area contributed by atoms with Crippen LogP contribution in [0.2, 0.25) is 10.0 Å². The topological polar surface area (TPSA) is 134 Å². The lowest BCUT2D eigenvalue weighted by Crippen LogP contribution is -2.42. The Hall–Kier alpha value is -2.96. The number of hydrogen-bond acceptors (Lipinski definition) is 6. The molecule has 1 aliphatic heterocycles. The molecule has 3 aromatic rings. The van der Waals surface area contributed by atoms with Crippen LogP contribution in [0.5, 0.6) is 0 Å². The largest absolute Gasteiger partial charge is 0.264 e. The maximum atomic E-state index is 13.2. The van der Waals surface area contributed by atoms with Gasteiger partial charge in [0.15, 0.2) is 0 Å². The fourth-order valence-electron chi connectivity index (χ4n) is 3.74. The van der Waals surface area contributed by atoms with Crippen molar-refractivity contribution in [2.75, 3.05) is 13.1 Å². The van der Waals surface area contributed by atoms with Crippen LogP contribution in [-0.4, -0.2) is 51.9 Å². The lowest BCUT2D eigenvalue weighted by molar-refractivity contribution is 0.460. The van der Waals surface area contributed by atoms with Crippen LogP contribution in [0.25, 0.3) is 0 Å². The van der Waals surface area contributed by atoms with E-state index in [1.807, 2.05) is 42.5 Å². The van der Waals surface area contributed by atoms with Crippen molar-refractivity contribution in [1.82, 2.24) is 9.73 Å². The Balaban J connectivity index is 1.76. The SMILES string of the molecule is C[C@@H](CN=C(NS(=O)(=O)c1ccc(Cl)cc1)N1C[C@H](c2ccccc2)C(c2ccc(Cl)cc2)=N1)S(N)(=O)=O. The number of rotatable bonds is 7. The maximum absolute atomic E-state index is 13.2. The van der Waals surface area contributed by atoms with Gasteiger partial charge in [-0.25, -0.2) is 36.7 Å². The number of primary sulfonamides is 1. The summed E-state index contributed by atoms with van der Waals surface area (Å²) in [5.41, 5.74) is 2.43. The van der Waals surface area contributed by atoms with E-state index in [1.165, 1.54) is 36.2 Å². The van der Waals surface area contributed by atoms with E-state index in [0.717, 1.165) is 11.1 Å². The van der Waals surface area contributed by atoms with E-state index in [-0.39, 0.29) is 29.9 Å². The standard InChI is InChI=1S/C25H25Cl2N5O4S2/c1-17(37(28,33)34)15-29-25(31-38(35,36)22-13-11-21(27)12-14-22)32-16-23(18-5-3-2-4-6-18)24(30-32)19-7-9-20(26)10-8-19/h2-14,17,23H,15-16H2,1H3,(H,29,31)(H2,28,33,34)/t17-,23+/m0/s1. The van der Waals surface area contributed by atoms with Crippen molar-refractivity contribution in [3.05, 3.63) is 100 Å². The number of hydrazone groups is 1. The molecule has 0 saturated heterocycles. The van der Waals surface area contributed by atoms with Crippen LogP contribution in [0.15, 0.2) is 93.9 Å². The minimum absolute atomic E-state index is 0.0465. The molecule has 0 aliphatic carbocycles. The summed E-state index contributed by atoms with van der Waals surface area (Å²) in [7, 11) is -8.02. The summed E-state index contributed by atoms with van der Waals surface area (Å²) in [6.07, 6.45) is 0. The lowest BCUT2D eigenvalue weighted by atomic mass is 9.91. The Kier molecular flexibility index (Phi) is 8.43. The van der Waals surface area contributed by atoms with E-state index in [1.54, 1.807) is 12.1 Å². The molecule has 0 spiro atoms. The van der Waals surface area contributed by atoms with E-state index >= 15 is 0 Å². The van der Waals surface area contributed by atoms with Crippen molar-refractivity contribution in [3.8, 4) is 0 Å². The third-order valence-corrected chi connectivity index (χ3v) is 9.03. The number of sulfonamides is 2. The number of aliphatic imine (C=N–C) groups is 1. The molecule has 0 radical (unpaired) electrons. The van der Waals surface area contributed by atoms with Gasteiger partial charge in [0.05, 0.1) is 28.9 Å². The smallest absolute Gasteiger partial charge is 0.249 e. The third kappa shape index (κ3) is 6.72. The molecule has 3 aromatic carbocycles. The van der Waals surface area contributed by atoms with Crippen LogP contribution in [0, 0.1) is 0 Å². The van der Waals surface area contributed by atoms with Gasteiger partial charge in [0.1, 0.15) is 0 Å². The zero-order valence-electron chi connectivity index (χ0n) is 20.2. The predicted molar refractivity (Wildman–Crippen MR) is 151 cm³/mol. The molecule has 3 N–H and O–H groups in total. The molecule has 0 amide bonds. The van der Waals surface area contributed by atoms with Crippen molar-refractivity contribution in [1.29, 1.82) is 0 Å². The molecule has 0 saturated carbocycles. The van der Waals surface area contributed by atoms with Gasteiger partial charge < -0.3 is 0 Å². The average molecular weight is 595 g/mol. The molecular weight excluding hydrogens is 569 g/mol. The van der Waals surface area contributed by atoms with E-state index in [2.05, 4.69) is 9.71 Å². The highest BCUT2D eigenvalue weighted by atomic mass is 35.5. The Labute approximate surface area is 232 Å². The number of nitrogens with zero attached hydrogens (tertiary/aromatic N) is 3. The molecule has 1 heterocycles. The molecule has 200 valence electrons. The van der Waals surface area contributed by atoms with Crippen molar-refractivity contribution >= 4 is 54.9 Å². The van der Waals surface area contributed by atoms with Crippen molar-refractivity contribution < 1.29 is 16.8 Å². The average Bonchev–Trinajstić information content (AvgIpc) is 3.32. The first-order valence-corrected chi connectivity index (χ1v) is 15.3. The number of guanidine groups is 1. The second kappa shape index (κ2) is 11.4. The fraction of sp³-hybridized carbons (Fsp3) is 0.200. The summed E-state index contributed by atoms with van der Waals surface area (Å²) >= 11 is 12.0. The predicted octanol–water partition coefficient (Wildman–Crippen LogP) is 3.81. The van der Waals surface area contributed by atoms with Gasteiger partial charge in [-0.05, 0) is 54.4 Å². The highest BCUT2D eigenvalue weighted by Gasteiger charge is 2.33. The van der Waals surface area contributed by atoms with Crippen LogP contribution in [0.3, 0.4) is 0 Å². The number of nitrogens with one attached hydrogen (secondary N) is 1. The number of hydrogen-bond donors (Lipinski definition) is 2. The molecule has 0 aromatic heterocycles. The van der Waals surface area contributed by atoms with E-state index in [0.29, 0.717) is 15.8 Å². The minimum Gasteiger partial charge on any atom is -0.249 e. The summed E-state index contributed by atoms with van der Waals surface area (Å²) in [4.78, 5) is 4.26. The number of halogens is 2. The zero-order chi connectivity index (χ0) is 27.5. The first-order chi connectivity index (χ1) is 17.9. The molecule has 2 atom stereocenters. The second-order valence-electron chi connectivity index (χ2n) is 8.66. The van der Waals surface area contributed by atoms with E-state index < -0.39 is 25.3 Å². The molecule has 1 aliphatic rings. The van der Waals surface area contributed by atoms with E-state index in [4.69, 9.17) is 33.4 Å². The normalized spacial score (nSPS) is 17.3. The van der Waals surface area contributed by atoms with Gasteiger partial charge in [0, 0.05) is 16.0 Å². The summed E-state index contributed by atoms with van der Waals surface area (Å²) in [5.74, 6) is -0.376. The van der Waals surface area contributed by atoms with Crippen molar-refractivity contribution in [2.45, 2.75) is 23.0 Å². The Morgan fingerprint density at radius 1 is 1.00 bits per heavy atom. The second-order valence-corrected chi connectivity index (χ2v) is 13.2. The third-order valence-electron chi connectivity index (χ3n) is 5.91. The quantitative estimate of drug-likeness (QED) is 0.317. The summed E-state index contributed by atoms with van der Waals surface area (Å²) in [6.45, 7) is 1.35. The first kappa shape index (κ1) is 28.1.